The van der Waals surface area contributed by atoms with Gasteiger partial charge in [-0.3, -0.25) is 14.9 Å². The lowest BCUT2D eigenvalue weighted by molar-refractivity contribution is -0.385. The van der Waals surface area contributed by atoms with Gasteiger partial charge in [0.05, 0.1) is 17.7 Å². The lowest BCUT2D eigenvalue weighted by Gasteiger charge is -2.16. The van der Waals surface area contributed by atoms with E-state index in [2.05, 4.69) is 10.0 Å². The van der Waals surface area contributed by atoms with E-state index < -0.39 is 4.92 Å². The van der Waals surface area contributed by atoms with Crippen molar-refractivity contribution in [2.75, 3.05) is 25.1 Å². The molecule has 0 spiro atoms. The molecule has 1 unspecified atom stereocenters. The number of nitro benzene ring substituents is 1. The monoisotopic (exact) mass is 291 g/mol. The maximum absolute atomic E-state index is 12.0. The molecular formula is C12H13N5O4. The van der Waals surface area contributed by atoms with Crippen molar-refractivity contribution in [1.82, 2.24) is 0 Å². The number of nitro groups is 1. The highest BCUT2D eigenvalue weighted by Gasteiger charge is 2.31. The minimum absolute atomic E-state index is 0.0745. The third kappa shape index (κ3) is 3.03. The largest absolute Gasteiger partial charge is 0.490 e. The summed E-state index contributed by atoms with van der Waals surface area (Å²) in [7, 11) is 1.35. The fraction of sp³-hybridized carbons (Fsp3) is 0.417. The molecule has 1 aromatic rings. The first-order valence-electron chi connectivity index (χ1n) is 6.20. The summed E-state index contributed by atoms with van der Waals surface area (Å²) in [4.78, 5) is 26.6. The molecule has 1 amide bonds. The van der Waals surface area contributed by atoms with Crippen molar-refractivity contribution in [3.05, 3.63) is 38.8 Å². The summed E-state index contributed by atoms with van der Waals surface area (Å²) in [5.41, 5.74) is 8.55. The molecule has 1 aromatic carbocycles. The average Bonchev–Trinajstić information content (AvgIpc) is 2.85. The second-order valence-corrected chi connectivity index (χ2v) is 4.60. The Balaban J connectivity index is 2.26. The summed E-state index contributed by atoms with van der Waals surface area (Å²) in [6, 6.07) is 4.37. The van der Waals surface area contributed by atoms with Crippen molar-refractivity contribution in [3.63, 3.8) is 0 Å². The predicted molar refractivity (Wildman–Crippen MR) is 74.1 cm³/mol. The Labute approximate surface area is 119 Å². The Hall–Kier alpha value is -2.80. The molecule has 9 heteroatoms. The van der Waals surface area contributed by atoms with E-state index >= 15 is 0 Å². The number of methoxy groups -OCH3 is 1. The van der Waals surface area contributed by atoms with Crippen molar-refractivity contribution < 1.29 is 14.5 Å². The van der Waals surface area contributed by atoms with Crippen LogP contribution >= 0.6 is 0 Å². The Morgan fingerprint density at radius 3 is 3.00 bits per heavy atom. The molecule has 21 heavy (non-hydrogen) atoms. The number of azide groups is 1. The number of ether oxygens (including phenoxy) is 1. The Morgan fingerprint density at radius 1 is 1.62 bits per heavy atom. The smallest absolute Gasteiger partial charge is 0.312 e. The van der Waals surface area contributed by atoms with Crippen LogP contribution in [-0.4, -0.2) is 31.0 Å². The molecule has 2 rings (SSSR count). The average molecular weight is 291 g/mol. The number of hydrogen-bond acceptors (Lipinski definition) is 5. The third-order valence-electron chi connectivity index (χ3n) is 3.28. The molecule has 1 fully saturated rings. The van der Waals surface area contributed by atoms with Gasteiger partial charge in [0.1, 0.15) is 0 Å². The molecule has 1 atom stereocenters. The molecule has 0 aliphatic carbocycles. The van der Waals surface area contributed by atoms with Crippen LogP contribution in [0, 0.1) is 16.0 Å². The highest BCUT2D eigenvalue weighted by molar-refractivity contribution is 5.96. The number of carbonyl (C=O) groups excluding carboxylic acids is 1. The van der Waals surface area contributed by atoms with E-state index in [0.29, 0.717) is 12.2 Å². The van der Waals surface area contributed by atoms with E-state index in [-0.39, 0.29) is 36.2 Å². The zero-order valence-corrected chi connectivity index (χ0v) is 11.3. The summed E-state index contributed by atoms with van der Waals surface area (Å²) in [6.45, 7) is 0.609. The van der Waals surface area contributed by atoms with Crippen molar-refractivity contribution in [2.45, 2.75) is 6.42 Å². The number of amides is 1. The first kappa shape index (κ1) is 14.6. The zero-order valence-electron chi connectivity index (χ0n) is 11.3. The molecule has 1 aliphatic rings. The van der Waals surface area contributed by atoms with E-state index in [4.69, 9.17) is 10.3 Å². The standard InChI is InChI=1S/C12H13N5O4/c1-21-11-3-2-9(5-10(11)17(19)20)16-7-8(4-12(16)18)6-14-15-13/h2-3,5,8H,4,6-7H2,1H3. The number of carbonyl (C=O) groups is 1. The molecule has 0 radical (unpaired) electrons. The van der Waals surface area contributed by atoms with Crippen molar-refractivity contribution in [3.8, 4) is 5.75 Å². The van der Waals surface area contributed by atoms with Gasteiger partial charge in [-0.1, -0.05) is 5.11 Å². The van der Waals surface area contributed by atoms with Crippen LogP contribution in [0.3, 0.4) is 0 Å². The minimum Gasteiger partial charge on any atom is -0.490 e. The molecular weight excluding hydrogens is 278 g/mol. The lowest BCUT2D eigenvalue weighted by Crippen LogP contribution is -2.24. The number of hydrogen-bond donors (Lipinski definition) is 0. The van der Waals surface area contributed by atoms with Gasteiger partial charge in [0, 0.05) is 30.5 Å². The predicted octanol–water partition coefficient (Wildman–Crippen LogP) is 2.27. The van der Waals surface area contributed by atoms with Crippen LogP contribution in [-0.2, 0) is 4.79 Å². The zero-order chi connectivity index (χ0) is 15.4. The van der Waals surface area contributed by atoms with Gasteiger partial charge in [0.25, 0.3) is 0 Å². The quantitative estimate of drug-likeness (QED) is 0.271. The molecule has 110 valence electrons. The van der Waals surface area contributed by atoms with Gasteiger partial charge in [-0.25, -0.2) is 0 Å². The van der Waals surface area contributed by atoms with Gasteiger partial charge in [-0.05, 0) is 23.6 Å². The van der Waals surface area contributed by atoms with Crippen molar-refractivity contribution in [2.24, 2.45) is 11.0 Å². The maximum Gasteiger partial charge on any atom is 0.312 e. The first-order chi connectivity index (χ1) is 10.1. The summed E-state index contributed by atoms with van der Waals surface area (Å²) in [5.74, 6) is -0.0804. The minimum atomic E-state index is -0.555. The van der Waals surface area contributed by atoms with Crippen LogP contribution in [0.2, 0.25) is 0 Å². The van der Waals surface area contributed by atoms with Crippen molar-refractivity contribution >= 4 is 17.3 Å². The molecule has 0 aromatic heterocycles. The maximum atomic E-state index is 12.0. The van der Waals surface area contributed by atoms with Crippen LogP contribution in [0.4, 0.5) is 11.4 Å². The molecule has 9 nitrogen and oxygen atoms in total. The van der Waals surface area contributed by atoms with Gasteiger partial charge >= 0.3 is 5.69 Å². The molecule has 1 saturated heterocycles. The first-order valence-corrected chi connectivity index (χ1v) is 6.20. The van der Waals surface area contributed by atoms with E-state index in [1.165, 1.54) is 24.1 Å². The fourth-order valence-corrected chi connectivity index (χ4v) is 2.29. The molecule has 1 aliphatic heterocycles. The second-order valence-electron chi connectivity index (χ2n) is 4.60. The summed E-state index contributed by atoms with van der Waals surface area (Å²) in [5, 5.41) is 14.5. The number of benzene rings is 1. The third-order valence-corrected chi connectivity index (χ3v) is 3.28. The molecule has 0 saturated carbocycles. The molecule has 0 N–H and O–H groups in total. The van der Waals surface area contributed by atoms with E-state index in [1.54, 1.807) is 6.07 Å². The van der Waals surface area contributed by atoms with Gasteiger partial charge in [0.2, 0.25) is 5.91 Å². The fourth-order valence-electron chi connectivity index (χ4n) is 2.29. The normalized spacial score (nSPS) is 17.5. The lowest BCUT2D eigenvalue weighted by atomic mass is 10.1. The van der Waals surface area contributed by atoms with Crippen molar-refractivity contribution in [1.29, 1.82) is 0 Å². The Bertz CT molecular complexity index is 626. The summed E-state index contributed by atoms with van der Waals surface area (Å²) < 4.78 is 4.93. The molecule has 0 bridgehead atoms. The van der Waals surface area contributed by atoms with Gasteiger partial charge in [-0.15, -0.1) is 0 Å². The second kappa shape index (κ2) is 6.10. The number of anilines is 1. The van der Waals surface area contributed by atoms with Gasteiger partial charge in [0.15, 0.2) is 5.75 Å². The highest BCUT2D eigenvalue weighted by Crippen LogP contribution is 2.33. The SMILES string of the molecule is COc1ccc(N2CC(CN=[N+]=[N-])CC2=O)cc1[N+](=O)[O-]. The van der Waals surface area contributed by atoms with Gasteiger partial charge in [-0.2, -0.15) is 0 Å². The Kier molecular flexibility index (Phi) is 4.24. The summed E-state index contributed by atoms with van der Waals surface area (Å²) in [6.07, 6.45) is 0.263. The van der Waals surface area contributed by atoms with E-state index in [0.717, 1.165) is 0 Å². The van der Waals surface area contributed by atoms with E-state index in [1.807, 2.05) is 0 Å². The highest BCUT2D eigenvalue weighted by atomic mass is 16.6. The molecule has 1 heterocycles. The Morgan fingerprint density at radius 2 is 2.38 bits per heavy atom. The van der Waals surface area contributed by atoms with Gasteiger partial charge < -0.3 is 9.64 Å². The number of nitrogens with zero attached hydrogens (tertiary/aromatic N) is 5. The summed E-state index contributed by atoms with van der Waals surface area (Å²) >= 11 is 0. The van der Waals surface area contributed by atoms with Crippen LogP contribution < -0.4 is 9.64 Å². The topological polar surface area (TPSA) is 121 Å². The van der Waals surface area contributed by atoms with E-state index in [9.17, 15) is 14.9 Å². The van der Waals surface area contributed by atoms with Crippen LogP contribution in [0.5, 0.6) is 5.75 Å². The van der Waals surface area contributed by atoms with Crippen LogP contribution in [0.1, 0.15) is 6.42 Å². The number of rotatable bonds is 5. The van der Waals surface area contributed by atoms with Crippen LogP contribution in [0.15, 0.2) is 23.3 Å². The van der Waals surface area contributed by atoms with Crippen LogP contribution in [0.25, 0.3) is 10.4 Å².